The molecule has 8 heteroatoms. The maximum absolute atomic E-state index is 12.5. The van der Waals surface area contributed by atoms with Crippen LogP contribution in [0, 0.1) is 4.77 Å². The van der Waals surface area contributed by atoms with E-state index in [1.165, 1.54) is 0 Å². The topological polar surface area (TPSA) is 62.7 Å². The van der Waals surface area contributed by atoms with Crippen molar-refractivity contribution in [2.24, 2.45) is 0 Å². The van der Waals surface area contributed by atoms with Gasteiger partial charge in [-0.25, -0.2) is 0 Å². The molecule has 0 spiro atoms. The van der Waals surface area contributed by atoms with Crippen LogP contribution in [0.2, 0.25) is 0 Å². The van der Waals surface area contributed by atoms with Crippen molar-refractivity contribution in [3.05, 3.63) is 56.6 Å². The summed E-state index contributed by atoms with van der Waals surface area (Å²) in [5, 5.41) is 12.0. The van der Waals surface area contributed by atoms with Crippen LogP contribution in [0.1, 0.15) is 18.5 Å². The van der Waals surface area contributed by atoms with Crippen molar-refractivity contribution in [3.63, 3.8) is 0 Å². The molecule has 2 N–H and O–H groups in total. The predicted molar refractivity (Wildman–Crippen MR) is 101 cm³/mol. The SMILES string of the molecule is C[C@@H](C(=O)NCc1cccc(Br)c1)n1c(-c2cccs2)n[nH]c1=S. The summed E-state index contributed by atoms with van der Waals surface area (Å²) in [4.78, 5) is 13.5. The van der Waals surface area contributed by atoms with Gasteiger partial charge in [0.05, 0.1) is 4.88 Å². The number of benzene rings is 1. The molecular weight excluding hydrogens is 408 g/mol. The van der Waals surface area contributed by atoms with Crippen LogP contribution in [-0.2, 0) is 11.3 Å². The summed E-state index contributed by atoms with van der Waals surface area (Å²) in [6.07, 6.45) is 0. The molecule has 0 aliphatic carbocycles. The van der Waals surface area contributed by atoms with E-state index in [1.807, 2.05) is 48.7 Å². The molecule has 2 aromatic heterocycles. The third-order valence-corrected chi connectivity index (χ3v) is 5.22. The zero-order valence-electron chi connectivity index (χ0n) is 12.8. The van der Waals surface area contributed by atoms with E-state index in [4.69, 9.17) is 12.2 Å². The standard InChI is InChI=1S/C16H15BrN4OS2/c1-10(15(22)18-9-11-4-2-5-12(17)8-11)21-14(19-20-16(21)23)13-6-3-7-24-13/h2-8,10H,9H2,1H3,(H,18,22)(H,20,23)/t10-/m0/s1. The summed E-state index contributed by atoms with van der Waals surface area (Å²) in [5.74, 6) is 0.574. The number of thiophene rings is 1. The number of aromatic amines is 1. The molecule has 0 unspecified atom stereocenters. The molecule has 0 aliphatic rings. The maximum Gasteiger partial charge on any atom is 0.243 e. The fraction of sp³-hybridized carbons (Fsp3) is 0.188. The minimum absolute atomic E-state index is 0.106. The van der Waals surface area contributed by atoms with E-state index < -0.39 is 6.04 Å². The first kappa shape index (κ1) is 17.1. The summed E-state index contributed by atoms with van der Waals surface area (Å²) < 4.78 is 3.17. The monoisotopic (exact) mass is 422 g/mol. The Labute approximate surface area is 156 Å². The van der Waals surface area contributed by atoms with Gasteiger partial charge in [-0.1, -0.05) is 34.1 Å². The lowest BCUT2D eigenvalue weighted by Gasteiger charge is -2.15. The molecule has 3 rings (SSSR count). The van der Waals surface area contributed by atoms with E-state index in [1.54, 1.807) is 15.9 Å². The Hall–Kier alpha value is -1.77. The van der Waals surface area contributed by atoms with Crippen molar-refractivity contribution < 1.29 is 4.79 Å². The third-order valence-electron chi connectivity index (χ3n) is 3.57. The minimum Gasteiger partial charge on any atom is -0.350 e. The smallest absolute Gasteiger partial charge is 0.243 e. The molecule has 124 valence electrons. The second kappa shape index (κ2) is 7.42. The zero-order chi connectivity index (χ0) is 17.1. The Bertz CT molecular complexity index is 901. The number of amides is 1. The number of nitrogens with one attached hydrogen (secondary N) is 2. The van der Waals surface area contributed by atoms with Crippen molar-refractivity contribution >= 4 is 45.4 Å². The molecule has 24 heavy (non-hydrogen) atoms. The van der Waals surface area contributed by atoms with Crippen LogP contribution in [0.15, 0.2) is 46.3 Å². The number of hydrogen-bond donors (Lipinski definition) is 2. The van der Waals surface area contributed by atoms with E-state index in [-0.39, 0.29) is 5.91 Å². The molecule has 0 saturated carbocycles. The number of hydrogen-bond acceptors (Lipinski definition) is 4. The quantitative estimate of drug-likeness (QED) is 0.602. The first-order valence-corrected chi connectivity index (χ1v) is 9.37. The molecule has 1 amide bonds. The van der Waals surface area contributed by atoms with Gasteiger partial charge in [-0.2, -0.15) is 5.10 Å². The van der Waals surface area contributed by atoms with Gasteiger partial charge in [0.15, 0.2) is 10.6 Å². The second-order valence-corrected chi connectivity index (χ2v) is 7.47. The van der Waals surface area contributed by atoms with Crippen molar-refractivity contribution in [1.82, 2.24) is 20.1 Å². The van der Waals surface area contributed by atoms with Crippen molar-refractivity contribution in [3.8, 4) is 10.7 Å². The lowest BCUT2D eigenvalue weighted by Crippen LogP contribution is -2.31. The van der Waals surface area contributed by atoms with Gasteiger partial charge < -0.3 is 5.32 Å². The molecule has 1 atom stereocenters. The first-order valence-electron chi connectivity index (χ1n) is 7.29. The molecule has 0 bridgehead atoms. The van der Waals surface area contributed by atoms with Crippen LogP contribution in [0.25, 0.3) is 10.7 Å². The number of H-pyrrole nitrogens is 1. The first-order chi connectivity index (χ1) is 11.6. The second-order valence-electron chi connectivity index (χ2n) is 5.22. The van der Waals surface area contributed by atoms with Crippen LogP contribution in [0.5, 0.6) is 0 Å². The highest BCUT2D eigenvalue weighted by Crippen LogP contribution is 2.25. The van der Waals surface area contributed by atoms with Gasteiger partial charge in [-0.3, -0.25) is 14.5 Å². The van der Waals surface area contributed by atoms with Gasteiger partial charge in [0.2, 0.25) is 5.91 Å². The van der Waals surface area contributed by atoms with Crippen LogP contribution in [0.4, 0.5) is 0 Å². The Balaban J connectivity index is 1.77. The highest BCUT2D eigenvalue weighted by molar-refractivity contribution is 9.10. The molecule has 0 saturated heterocycles. The van der Waals surface area contributed by atoms with Crippen molar-refractivity contribution in [2.45, 2.75) is 19.5 Å². The Kier molecular flexibility index (Phi) is 5.27. The Morgan fingerprint density at radius 2 is 2.29 bits per heavy atom. The summed E-state index contributed by atoms with van der Waals surface area (Å²) >= 11 is 10.3. The summed E-state index contributed by atoms with van der Waals surface area (Å²) in [5.41, 5.74) is 1.03. The van der Waals surface area contributed by atoms with E-state index in [2.05, 4.69) is 31.4 Å². The average molecular weight is 423 g/mol. The van der Waals surface area contributed by atoms with Gasteiger partial charge in [0.1, 0.15) is 6.04 Å². The number of rotatable bonds is 5. The summed E-state index contributed by atoms with van der Waals surface area (Å²) in [6.45, 7) is 2.28. The van der Waals surface area contributed by atoms with E-state index >= 15 is 0 Å². The fourth-order valence-electron chi connectivity index (χ4n) is 2.34. The number of aromatic nitrogens is 3. The van der Waals surface area contributed by atoms with Crippen LogP contribution in [0.3, 0.4) is 0 Å². The van der Waals surface area contributed by atoms with Crippen LogP contribution >= 0.6 is 39.5 Å². The zero-order valence-corrected chi connectivity index (χ0v) is 16.0. The molecule has 5 nitrogen and oxygen atoms in total. The molecule has 0 fully saturated rings. The lowest BCUT2D eigenvalue weighted by molar-refractivity contribution is -0.124. The van der Waals surface area contributed by atoms with Gasteiger partial charge in [-0.05, 0) is 48.3 Å². The molecule has 0 radical (unpaired) electrons. The third kappa shape index (κ3) is 3.66. The Morgan fingerprint density at radius 3 is 3.00 bits per heavy atom. The predicted octanol–water partition coefficient (Wildman–Crippen LogP) is 4.31. The van der Waals surface area contributed by atoms with Gasteiger partial charge in [0, 0.05) is 11.0 Å². The van der Waals surface area contributed by atoms with Crippen LogP contribution < -0.4 is 5.32 Å². The Morgan fingerprint density at radius 1 is 1.46 bits per heavy atom. The van der Waals surface area contributed by atoms with Crippen molar-refractivity contribution in [2.75, 3.05) is 0 Å². The highest BCUT2D eigenvalue weighted by atomic mass is 79.9. The highest BCUT2D eigenvalue weighted by Gasteiger charge is 2.21. The van der Waals surface area contributed by atoms with Gasteiger partial charge in [0.25, 0.3) is 0 Å². The van der Waals surface area contributed by atoms with E-state index in [9.17, 15) is 4.79 Å². The number of halogens is 1. The summed E-state index contributed by atoms with van der Waals surface area (Å²) in [6, 6.07) is 11.3. The molecule has 1 aromatic carbocycles. The minimum atomic E-state index is -0.458. The molecule has 2 heterocycles. The molecular formula is C16H15BrN4OS2. The fourth-order valence-corrected chi connectivity index (χ4v) is 3.79. The molecule has 0 aliphatic heterocycles. The van der Waals surface area contributed by atoms with Crippen LogP contribution in [-0.4, -0.2) is 20.7 Å². The van der Waals surface area contributed by atoms with Gasteiger partial charge >= 0.3 is 0 Å². The van der Waals surface area contributed by atoms with Crippen molar-refractivity contribution in [1.29, 1.82) is 0 Å². The van der Waals surface area contributed by atoms with Gasteiger partial charge in [-0.15, -0.1) is 11.3 Å². The van der Waals surface area contributed by atoms with E-state index in [0.29, 0.717) is 17.1 Å². The number of nitrogens with zero attached hydrogens (tertiary/aromatic N) is 2. The summed E-state index contributed by atoms with van der Waals surface area (Å²) in [7, 11) is 0. The van der Waals surface area contributed by atoms with E-state index in [0.717, 1.165) is 14.9 Å². The average Bonchev–Trinajstić information content (AvgIpc) is 3.21. The normalized spacial score (nSPS) is 12.1. The largest absolute Gasteiger partial charge is 0.350 e. The number of carbonyl (C=O) groups excluding carboxylic acids is 1. The maximum atomic E-state index is 12.5. The number of carbonyl (C=O) groups is 1. The molecule has 3 aromatic rings. The lowest BCUT2D eigenvalue weighted by atomic mass is 10.2.